The van der Waals surface area contributed by atoms with Gasteiger partial charge in [0, 0.05) is 86.7 Å². The van der Waals surface area contributed by atoms with Gasteiger partial charge in [-0.1, -0.05) is 86.3 Å². The van der Waals surface area contributed by atoms with Crippen LogP contribution in [0.15, 0.2) is 12.2 Å². The van der Waals surface area contributed by atoms with E-state index in [1.807, 2.05) is 47.6 Å². The molecule has 108 heavy (non-hydrogen) atoms. The lowest BCUT2D eigenvalue weighted by molar-refractivity contribution is -0.161. The number of hydrogen-bond acceptors (Lipinski definition) is 13. The Labute approximate surface area is 649 Å². The fraction of sp³-hybridized carbons (Fsp3) is 0.823. The van der Waals surface area contributed by atoms with Gasteiger partial charge in [-0.3, -0.25) is 57.5 Å². The summed E-state index contributed by atoms with van der Waals surface area (Å²) in [7, 11) is 10.2. The molecule has 0 aromatic rings. The first kappa shape index (κ1) is 87.4. The number of nitrogens with one attached hydrogen (secondary N) is 3. The van der Waals surface area contributed by atoms with Gasteiger partial charge >= 0.3 is 0 Å². The van der Waals surface area contributed by atoms with Crippen LogP contribution in [0.4, 0.5) is 8.78 Å². The first-order valence-corrected chi connectivity index (χ1v) is 41.1. The minimum atomic E-state index is -2.54. The van der Waals surface area contributed by atoms with Crippen molar-refractivity contribution < 1.29 is 71.1 Å². The number of rotatable bonds is 16. The van der Waals surface area contributed by atoms with Crippen LogP contribution in [-0.2, 0) is 62.3 Å². The Morgan fingerprint density at radius 3 is 1.89 bits per heavy atom. The number of halogens is 4. The first-order valence-electron chi connectivity index (χ1n) is 40.2. The maximum absolute atomic E-state index is 15.9. The van der Waals surface area contributed by atoms with Crippen molar-refractivity contribution in [2.24, 2.45) is 35.0 Å². The van der Waals surface area contributed by atoms with Gasteiger partial charge in [0.1, 0.15) is 59.9 Å². The third kappa shape index (κ3) is 20.5. The van der Waals surface area contributed by atoms with Crippen LogP contribution in [0, 0.1) is 35.0 Å². The lowest BCUT2D eigenvalue weighted by Gasteiger charge is -2.54. The molecular weight excluding hydrogens is 1430 g/mol. The highest BCUT2D eigenvalue weighted by Gasteiger charge is 2.59. The third-order valence-corrected chi connectivity index (χ3v) is 26.4. The molecule has 8 aliphatic rings. The lowest BCUT2D eigenvalue weighted by Crippen LogP contribution is -2.71. The number of amides is 12. The number of carbonyl (C=O) groups is 12. The molecule has 3 N–H and O–H groups in total. The standard InChI is InChI=1S/C79H126Cl2F2N12O13/c1-15-24-57-68(98)85-65(47(5)16-2)75(105)93-38-23-28-59(93)73(103)90(12)58-27-20-19-21-37-94(74(58)104)62(40-49-29-33-51(34-30-49)67(82)83)72(102)88(10)44-63(96)84-56(36-32-48-31-35-54(80)55(81)39-48)70(100)95-43-53(108-52-25-22-26-52)41-60(95)69(99)86-79(45-78(6,7)46-79)77(107)92(14)66(50(17-3)18-4)76(106)91(13)61(71(101)87(8)9)42-64(97)89(57)11/h19-20,47-62,65-67H,15-18,21-46H2,1-14H3,(H,84,96)(H,85,98)(H,86,99)/b20-19-/t47-,48?,49?,51?,53+,54?,55?,56-,57-,58-,59-,60-,61-,62-,65-,66-/m0/s1. The summed E-state index contributed by atoms with van der Waals surface area (Å²) in [6, 6.07) is -11.1. The van der Waals surface area contributed by atoms with Gasteiger partial charge < -0.3 is 64.8 Å². The third-order valence-electron chi connectivity index (χ3n) is 25.3. The van der Waals surface area contributed by atoms with E-state index in [0.717, 1.165) is 19.3 Å². The predicted octanol–water partition coefficient (Wildman–Crippen LogP) is 7.51. The van der Waals surface area contributed by atoms with E-state index in [4.69, 9.17) is 27.9 Å². The molecule has 4 saturated carbocycles. The summed E-state index contributed by atoms with van der Waals surface area (Å²) in [5.74, 6) is -9.63. The van der Waals surface area contributed by atoms with E-state index in [9.17, 15) is 18.4 Å². The number of fused-ring (bicyclic) bond motifs is 4. The molecular formula is C79H126Cl2F2N12O13. The Morgan fingerprint density at radius 2 is 1.30 bits per heavy atom. The number of ether oxygens (including phenoxy) is 1. The van der Waals surface area contributed by atoms with Crippen molar-refractivity contribution in [3.8, 4) is 0 Å². The van der Waals surface area contributed by atoms with Gasteiger partial charge in [0.05, 0.1) is 30.6 Å². The molecule has 25 nitrogen and oxygen atoms in total. The molecule has 1 spiro atoms. The average Bonchev–Trinajstić information content (AvgIpc) is 0.781. The van der Waals surface area contributed by atoms with Crippen molar-refractivity contribution >= 4 is 94.1 Å². The Bertz CT molecular complexity index is 3240. The second-order valence-corrected chi connectivity index (χ2v) is 34.9. The molecule has 3 saturated heterocycles. The molecule has 7 fully saturated rings. The van der Waals surface area contributed by atoms with E-state index in [1.54, 1.807) is 13.0 Å². The van der Waals surface area contributed by atoms with E-state index in [0.29, 0.717) is 77.0 Å². The van der Waals surface area contributed by atoms with Gasteiger partial charge in [-0.25, -0.2) is 8.78 Å². The van der Waals surface area contributed by atoms with Crippen LogP contribution >= 0.6 is 23.2 Å². The molecule has 4 heterocycles. The molecule has 4 aliphatic carbocycles. The second kappa shape index (κ2) is 38.3. The van der Waals surface area contributed by atoms with Gasteiger partial charge in [-0.05, 0) is 158 Å². The minimum absolute atomic E-state index is 0.000741. The summed E-state index contributed by atoms with van der Waals surface area (Å²) in [5.41, 5.74) is -2.12. The fourth-order valence-corrected chi connectivity index (χ4v) is 19.0. The minimum Gasteiger partial charge on any atom is -0.373 e. The molecule has 0 aromatic heterocycles. The predicted molar refractivity (Wildman–Crippen MR) is 407 cm³/mol. The fourth-order valence-electron chi connectivity index (χ4n) is 18.4. The molecule has 4 aliphatic heterocycles. The quantitative estimate of drug-likeness (QED) is 0.0998. The van der Waals surface area contributed by atoms with Crippen LogP contribution in [0.2, 0.25) is 0 Å². The van der Waals surface area contributed by atoms with Gasteiger partial charge in [0.15, 0.2) is 0 Å². The molecule has 3 unspecified atom stereocenters. The molecule has 0 radical (unpaired) electrons. The highest BCUT2D eigenvalue weighted by molar-refractivity contribution is 6.30. The monoisotopic (exact) mass is 1560 g/mol. The Hall–Kier alpha value is -6.22. The summed E-state index contributed by atoms with van der Waals surface area (Å²) in [4.78, 5) is 196. The van der Waals surface area contributed by atoms with Crippen LogP contribution < -0.4 is 16.0 Å². The molecule has 29 heteroatoms. The summed E-state index contributed by atoms with van der Waals surface area (Å²) in [5, 5.41) is 8.50. The molecule has 12 amide bonds. The summed E-state index contributed by atoms with van der Waals surface area (Å²) < 4.78 is 35.0. The maximum atomic E-state index is 15.9. The zero-order chi connectivity index (χ0) is 79.5. The van der Waals surface area contributed by atoms with Gasteiger partial charge in [0.2, 0.25) is 77.3 Å². The first-order chi connectivity index (χ1) is 51.0. The van der Waals surface area contributed by atoms with E-state index < -0.39 is 179 Å². The van der Waals surface area contributed by atoms with Crippen molar-refractivity contribution in [3.63, 3.8) is 0 Å². The molecule has 0 aromatic carbocycles. The topological polar surface area (TPSA) is 279 Å². The molecule has 608 valence electrons. The van der Waals surface area contributed by atoms with Crippen LogP contribution in [-0.4, -0.2) is 280 Å². The number of alkyl halides is 4. The van der Waals surface area contributed by atoms with Crippen LogP contribution in [0.1, 0.15) is 215 Å². The molecule has 2 bridgehead atoms. The Kier molecular flexibility index (Phi) is 31.0. The van der Waals surface area contributed by atoms with Gasteiger partial charge in [0.25, 0.3) is 0 Å². The zero-order valence-electron chi connectivity index (χ0n) is 66.7. The van der Waals surface area contributed by atoms with Crippen molar-refractivity contribution in [1.29, 1.82) is 0 Å². The van der Waals surface area contributed by atoms with E-state index >= 15 is 47.9 Å². The number of likely N-dealkylation sites (N-methyl/N-ethyl adjacent to an activating group) is 6. The van der Waals surface area contributed by atoms with Crippen molar-refractivity contribution in [3.05, 3.63) is 12.2 Å². The van der Waals surface area contributed by atoms with Crippen molar-refractivity contribution in [1.82, 2.24) is 60.0 Å². The second-order valence-electron chi connectivity index (χ2n) is 33.8. The normalized spacial score (nSPS) is 32.6. The zero-order valence-corrected chi connectivity index (χ0v) is 68.2. The summed E-state index contributed by atoms with van der Waals surface area (Å²) >= 11 is 13.4. The van der Waals surface area contributed by atoms with Crippen LogP contribution in [0.25, 0.3) is 0 Å². The molecule has 8 rings (SSSR count). The largest absolute Gasteiger partial charge is 0.373 e. The lowest BCUT2D eigenvalue weighted by atomic mass is 9.58. The Morgan fingerprint density at radius 1 is 0.630 bits per heavy atom. The highest BCUT2D eigenvalue weighted by atomic mass is 35.5. The smallest absolute Gasteiger partial charge is 0.248 e. The maximum Gasteiger partial charge on any atom is 0.248 e. The summed E-state index contributed by atoms with van der Waals surface area (Å²) in [6.07, 6.45) is 8.76. The van der Waals surface area contributed by atoms with E-state index in [1.165, 1.54) is 93.4 Å². The van der Waals surface area contributed by atoms with Crippen molar-refractivity contribution in [2.75, 3.05) is 75.5 Å². The number of carbonyl (C=O) groups excluding carboxylic acids is 12. The van der Waals surface area contributed by atoms with Crippen LogP contribution in [0.5, 0.6) is 0 Å². The molecule has 14 atom stereocenters. The summed E-state index contributed by atoms with van der Waals surface area (Å²) in [6.45, 7) is 12.7. The van der Waals surface area contributed by atoms with Crippen LogP contribution in [0.3, 0.4) is 0 Å². The highest BCUT2D eigenvalue weighted by Crippen LogP contribution is 2.50. The van der Waals surface area contributed by atoms with Crippen molar-refractivity contribution in [2.45, 2.75) is 305 Å². The van der Waals surface area contributed by atoms with E-state index in [-0.39, 0.29) is 113 Å². The SMILES string of the molecule is CCC[C@H]1C(=O)N[C@@H]([C@@H](C)CC)C(=O)N2CCC[C@H]2C(=O)N(C)[C@H]2C/C=C\CCN(C2=O)[C@@H](CC2CCC(C(F)F)CC2)C(=O)N(C)CC(=O)N[C@@H](CCC2CCC(Cl)C(Cl)C2)C(=O)N2C[C@H](OC3CCC3)C[C@H]2C(=O)NC2(CC(C)(C)C2)C(=O)N(C)[C@@H](C(CC)CC)C(=O)N(C)[C@H](C(=O)N(C)C)CC(=O)N1C. The number of hydrogen-bond donors (Lipinski definition) is 3. The van der Waals surface area contributed by atoms with Gasteiger partial charge in [-0.15, -0.1) is 23.2 Å². The van der Waals surface area contributed by atoms with E-state index in [2.05, 4.69) is 16.0 Å². The Balaban J connectivity index is 1.22. The van der Waals surface area contributed by atoms with Gasteiger partial charge in [-0.2, -0.15) is 0 Å². The number of nitrogens with zero attached hydrogens (tertiary/aromatic N) is 9. The average molecular weight is 1560 g/mol.